The van der Waals surface area contributed by atoms with Gasteiger partial charge < -0.3 is 7.96 Å². The quantitative estimate of drug-likeness (QED) is 0.785. The third-order valence-electron chi connectivity index (χ3n) is 4.30. The molecule has 0 saturated heterocycles. The van der Waals surface area contributed by atoms with Gasteiger partial charge in [-0.2, -0.15) is 0 Å². The summed E-state index contributed by atoms with van der Waals surface area (Å²) in [5.41, 5.74) is 4.74. The SMILES string of the molecule is CC1=C(CC(=O)O)c2cc(F)ccc2C1=Cc1ccc([S@](C)=O)cc1.[Ca+2].[H-].[H-]. The molecule has 1 atom stereocenters. The summed E-state index contributed by atoms with van der Waals surface area (Å²) >= 11 is 0. The molecule has 2 aromatic carbocycles. The van der Waals surface area contributed by atoms with Crippen molar-refractivity contribution in [3.8, 4) is 0 Å². The molecular formula is C20H19CaFO3S. The van der Waals surface area contributed by atoms with Crippen molar-refractivity contribution in [1.82, 2.24) is 0 Å². The fourth-order valence-electron chi connectivity index (χ4n) is 3.05. The monoisotopic (exact) mass is 398 g/mol. The zero-order valence-corrected chi connectivity index (χ0v) is 17.6. The fourth-order valence-corrected chi connectivity index (χ4v) is 3.57. The van der Waals surface area contributed by atoms with Crippen LogP contribution in [0.5, 0.6) is 0 Å². The van der Waals surface area contributed by atoms with E-state index < -0.39 is 16.8 Å². The van der Waals surface area contributed by atoms with Crippen molar-refractivity contribution in [3.63, 3.8) is 0 Å². The smallest absolute Gasteiger partial charge is 1.00 e. The minimum atomic E-state index is -1.04. The minimum absolute atomic E-state index is 0. The maximum absolute atomic E-state index is 13.7. The number of halogens is 1. The van der Waals surface area contributed by atoms with Crippen LogP contribution in [0.25, 0.3) is 17.2 Å². The molecule has 1 aliphatic rings. The molecule has 3 nitrogen and oxygen atoms in total. The molecule has 0 spiro atoms. The van der Waals surface area contributed by atoms with Gasteiger partial charge in [0.15, 0.2) is 0 Å². The summed E-state index contributed by atoms with van der Waals surface area (Å²) in [5.74, 6) is -1.33. The number of hydrogen-bond acceptors (Lipinski definition) is 2. The maximum Gasteiger partial charge on any atom is 2.00 e. The van der Waals surface area contributed by atoms with Crippen molar-refractivity contribution in [2.45, 2.75) is 18.2 Å². The van der Waals surface area contributed by atoms with Crippen LogP contribution in [-0.4, -0.2) is 59.3 Å². The van der Waals surface area contributed by atoms with Gasteiger partial charge in [0, 0.05) is 22.0 Å². The summed E-state index contributed by atoms with van der Waals surface area (Å²) in [5, 5.41) is 9.17. The first-order chi connectivity index (χ1) is 11.9. The van der Waals surface area contributed by atoms with Gasteiger partial charge in [-0.3, -0.25) is 9.00 Å². The Labute approximate surface area is 187 Å². The number of carboxylic acids is 1. The summed E-state index contributed by atoms with van der Waals surface area (Å²) in [6, 6.07) is 11.8. The predicted molar refractivity (Wildman–Crippen MR) is 106 cm³/mol. The molecule has 1 aliphatic carbocycles. The van der Waals surface area contributed by atoms with Gasteiger partial charge in [0.25, 0.3) is 0 Å². The van der Waals surface area contributed by atoms with E-state index in [0.29, 0.717) is 11.1 Å². The Bertz CT molecular complexity index is 956. The van der Waals surface area contributed by atoms with Gasteiger partial charge in [-0.15, -0.1) is 0 Å². The first-order valence-electron chi connectivity index (χ1n) is 7.74. The van der Waals surface area contributed by atoms with E-state index in [2.05, 4.69) is 0 Å². The molecule has 0 aliphatic heterocycles. The van der Waals surface area contributed by atoms with E-state index >= 15 is 0 Å². The van der Waals surface area contributed by atoms with E-state index in [9.17, 15) is 13.4 Å². The third-order valence-corrected chi connectivity index (χ3v) is 5.24. The molecule has 0 unspecified atom stereocenters. The van der Waals surface area contributed by atoms with Crippen molar-refractivity contribution >= 4 is 71.7 Å². The Morgan fingerprint density at radius 1 is 1.19 bits per heavy atom. The van der Waals surface area contributed by atoms with Gasteiger partial charge in [-0.1, -0.05) is 18.2 Å². The summed E-state index contributed by atoms with van der Waals surface area (Å²) in [6.45, 7) is 1.86. The predicted octanol–water partition coefficient (Wildman–Crippen LogP) is 4.21. The van der Waals surface area contributed by atoms with Crippen molar-refractivity contribution in [2.24, 2.45) is 0 Å². The molecular weight excluding hydrogens is 379 g/mol. The normalized spacial score (nSPS) is 15.6. The molecule has 0 heterocycles. The first-order valence-corrected chi connectivity index (χ1v) is 9.30. The molecule has 132 valence electrons. The van der Waals surface area contributed by atoms with Gasteiger partial charge >= 0.3 is 43.7 Å². The van der Waals surface area contributed by atoms with Gasteiger partial charge in [0.1, 0.15) is 5.82 Å². The molecule has 2 aromatic rings. The molecule has 1 N–H and O–H groups in total. The Kier molecular flexibility index (Phi) is 6.97. The van der Waals surface area contributed by atoms with E-state index in [-0.39, 0.29) is 52.8 Å². The van der Waals surface area contributed by atoms with E-state index in [1.54, 1.807) is 24.5 Å². The van der Waals surface area contributed by atoms with Crippen LogP contribution in [0, 0.1) is 5.82 Å². The standard InChI is InChI=1S/C20H17FO3S.Ca.2H/c1-12-17(9-13-3-6-15(7-4-13)25(2)24)16-8-5-14(21)10-19(16)18(12)11-20(22)23;;;/h3-10H,11H2,1-2H3,(H,22,23);;;/q;+2;2*-1/t25-;;;/m0.../s1. The molecule has 3 rings (SSSR count). The summed E-state index contributed by atoms with van der Waals surface area (Å²) < 4.78 is 25.1. The van der Waals surface area contributed by atoms with Crippen LogP contribution in [0.1, 0.15) is 32.9 Å². The van der Waals surface area contributed by atoms with Crippen LogP contribution < -0.4 is 0 Å². The number of rotatable bonds is 4. The van der Waals surface area contributed by atoms with Crippen LogP contribution in [0.15, 0.2) is 52.9 Å². The van der Waals surface area contributed by atoms with E-state index in [0.717, 1.165) is 27.2 Å². The van der Waals surface area contributed by atoms with E-state index in [1.165, 1.54) is 12.1 Å². The Hall–Kier alpha value is -1.27. The number of aliphatic carboxylic acids is 1. The maximum atomic E-state index is 13.7. The van der Waals surface area contributed by atoms with Gasteiger partial charge in [0.05, 0.1) is 6.42 Å². The number of fused-ring (bicyclic) bond motifs is 1. The number of benzene rings is 2. The number of hydrogen-bond donors (Lipinski definition) is 1. The van der Waals surface area contributed by atoms with Crippen LogP contribution in [0.2, 0.25) is 0 Å². The largest absolute Gasteiger partial charge is 2.00 e. The zero-order valence-electron chi connectivity index (χ0n) is 16.6. The zero-order chi connectivity index (χ0) is 18.1. The third kappa shape index (κ3) is 4.34. The van der Waals surface area contributed by atoms with E-state index in [4.69, 9.17) is 5.11 Å². The van der Waals surface area contributed by atoms with Gasteiger partial charge in [0.2, 0.25) is 0 Å². The van der Waals surface area contributed by atoms with Crippen molar-refractivity contribution < 1.29 is 21.4 Å². The Morgan fingerprint density at radius 2 is 1.85 bits per heavy atom. The molecule has 0 fully saturated rings. The molecule has 0 aromatic heterocycles. The molecule has 6 heteroatoms. The second-order valence-corrected chi connectivity index (χ2v) is 7.32. The first kappa shape index (κ1) is 21.0. The minimum Gasteiger partial charge on any atom is -1.00 e. The average Bonchev–Trinajstić information content (AvgIpc) is 2.80. The molecule has 0 radical (unpaired) electrons. The number of allylic oxidation sites excluding steroid dienone is 2. The Balaban J connectivity index is 0.00000243. The van der Waals surface area contributed by atoms with Crippen LogP contribution in [-0.2, 0) is 15.6 Å². The van der Waals surface area contributed by atoms with Gasteiger partial charge in [-0.05, 0) is 70.7 Å². The molecule has 26 heavy (non-hydrogen) atoms. The van der Waals surface area contributed by atoms with Crippen LogP contribution >= 0.6 is 0 Å². The van der Waals surface area contributed by atoms with Crippen molar-refractivity contribution in [1.29, 1.82) is 0 Å². The number of carboxylic acid groups (broad SMARTS) is 1. The number of carbonyl (C=O) groups is 1. The van der Waals surface area contributed by atoms with Crippen molar-refractivity contribution in [3.05, 3.63) is 70.5 Å². The summed E-state index contributed by atoms with van der Waals surface area (Å²) in [4.78, 5) is 11.9. The molecule has 0 bridgehead atoms. The topological polar surface area (TPSA) is 54.4 Å². The Morgan fingerprint density at radius 3 is 2.42 bits per heavy atom. The summed E-state index contributed by atoms with van der Waals surface area (Å²) in [7, 11) is -1.04. The fraction of sp³-hybridized carbons (Fsp3) is 0.150. The average molecular weight is 399 g/mol. The molecule has 0 saturated carbocycles. The second-order valence-electron chi connectivity index (χ2n) is 5.95. The van der Waals surface area contributed by atoms with Crippen LogP contribution in [0.4, 0.5) is 4.39 Å². The van der Waals surface area contributed by atoms with E-state index in [1.807, 2.05) is 25.1 Å². The van der Waals surface area contributed by atoms with Gasteiger partial charge in [-0.25, -0.2) is 4.39 Å². The molecule has 0 amide bonds. The summed E-state index contributed by atoms with van der Waals surface area (Å²) in [6.07, 6.45) is 3.43. The van der Waals surface area contributed by atoms with Crippen molar-refractivity contribution in [2.75, 3.05) is 6.26 Å². The van der Waals surface area contributed by atoms with Crippen LogP contribution in [0.3, 0.4) is 0 Å². The second kappa shape index (κ2) is 8.61.